The minimum absolute atomic E-state index is 0.110. The van der Waals surface area contributed by atoms with Gasteiger partial charge in [0.1, 0.15) is 5.69 Å². The summed E-state index contributed by atoms with van der Waals surface area (Å²) in [6.07, 6.45) is 1.54. The highest BCUT2D eigenvalue weighted by atomic mass is 127. The van der Waals surface area contributed by atoms with E-state index in [1.165, 1.54) is 28.2 Å². The molecule has 0 saturated heterocycles. The predicted octanol–water partition coefficient (Wildman–Crippen LogP) is 2.62. The van der Waals surface area contributed by atoms with Gasteiger partial charge in [-0.3, -0.25) is 4.79 Å². The highest BCUT2D eigenvalue weighted by Crippen LogP contribution is 2.20. The van der Waals surface area contributed by atoms with Gasteiger partial charge < -0.3 is 9.67 Å². The van der Waals surface area contributed by atoms with Crippen molar-refractivity contribution in [3.05, 3.63) is 43.4 Å². The fourth-order valence-corrected chi connectivity index (χ4v) is 2.82. The molecule has 0 aliphatic carbocycles. The number of aromatic carboxylic acids is 1. The molecule has 4 nitrogen and oxygen atoms in total. The lowest BCUT2D eigenvalue weighted by Gasteiger charge is -1.93. The SMILES string of the molecule is Cn1cc(C(=O)c2csc(I)c2)cc1C(=O)O. The molecule has 88 valence electrons. The van der Waals surface area contributed by atoms with Gasteiger partial charge >= 0.3 is 5.97 Å². The molecule has 0 radical (unpaired) electrons. The Morgan fingerprint density at radius 1 is 1.35 bits per heavy atom. The predicted molar refractivity (Wildman–Crippen MR) is 72.8 cm³/mol. The maximum absolute atomic E-state index is 12.0. The van der Waals surface area contributed by atoms with Crippen LogP contribution in [0, 0.1) is 2.88 Å². The number of carboxylic acids is 1. The summed E-state index contributed by atoms with van der Waals surface area (Å²) in [5.41, 5.74) is 1.11. The average Bonchev–Trinajstić information content (AvgIpc) is 2.83. The summed E-state index contributed by atoms with van der Waals surface area (Å²) in [4.78, 5) is 22.9. The number of nitrogens with zero attached hydrogens (tertiary/aromatic N) is 1. The Kier molecular flexibility index (Phi) is 3.34. The monoisotopic (exact) mass is 361 g/mol. The molecule has 6 heteroatoms. The first-order chi connectivity index (χ1) is 7.99. The van der Waals surface area contributed by atoms with Crippen LogP contribution in [0.4, 0.5) is 0 Å². The smallest absolute Gasteiger partial charge is 0.352 e. The zero-order valence-corrected chi connectivity index (χ0v) is 11.8. The van der Waals surface area contributed by atoms with Gasteiger partial charge in [0, 0.05) is 29.8 Å². The number of thiophene rings is 1. The molecule has 0 atom stereocenters. The molecule has 17 heavy (non-hydrogen) atoms. The Morgan fingerprint density at radius 3 is 2.53 bits per heavy atom. The summed E-state index contributed by atoms with van der Waals surface area (Å²) >= 11 is 3.63. The molecule has 0 spiro atoms. The minimum Gasteiger partial charge on any atom is -0.477 e. The number of carbonyl (C=O) groups excluding carboxylic acids is 1. The van der Waals surface area contributed by atoms with Gasteiger partial charge in [-0.05, 0) is 34.7 Å². The lowest BCUT2D eigenvalue weighted by Crippen LogP contribution is -2.02. The molecule has 0 fully saturated rings. The average molecular weight is 361 g/mol. The van der Waals surface area contributed by atoms with Crippen LogP contribution in [0.2, 0.25) is 0 Å². The Morgan fingerprint density at radius 2 is 2.06 bits per heavy atom. The number of aromatic nitrogens is 1. The molecule has 0 aromatic carbocycles. The van der Waals surface area contributed by atoms with Crippen molar-refractivity contribution in [3.8, 4) is 0 Å². The highest BCUT2D eigenvalue weighted by Gasteiger charge is 2.17. The molecule has 2 aromatic rings. The van der Waals surface area contributed by atoms with Crippen molar-refractivity contribution < 1.29 is 14.7 Å². The fourth-order valence-electron chi connectivity index (χ4n) is 1.50. The van der Waals surface area contributed by atoms with Crippen LogP contribution in [-0.4, -0.2) is 21.4 Å². The molecule has 0 unspecified atom stereocenters. The van der Waals surface area contributed by atoms with E-state index in [0.29, 0.717) is 11.1 Å². The van der Waals surface area contributed by atoms with Crippen LogP contribution in [0.3, 0.4) is 0 Å². The zero-order chi connectivity index (χ0) is 12.6. The first kappa shape index (κ1) is 12.3. The van der Waals surface area contributed by atoms with Crippen molar-refractivity contribution in [3.63, 3.8) is 0 Å². The summed E-state index contributed by atoms with van der Waals surface area (Å²) in [5.74, 6) is -1.18. The lowest BCUT2D eigenvalue weighted by atomic mass is 10.1. The van der Waals surface area contributed by atoms with Gasteiger partial charge in [0.2, 0.25) is 0 Å². The van der Waals surface area contributed by atoms with E-state index in [2.05, 4.69) is 22.6 Å². The first-order valence-corrected chi connectivity index (χ1v) is 6.63. The summed E-state index contributed by atoms with van der Waals surface area (Å²) < 4.78 is 2.47. The maximum atomic E-state index is 12.0. The van der Waals surface area contributed by atoms with Crippen LogP contribution in [0.25, 0.3) is 0 Å². The molecule has 2 heterocycles. The van der Waals surface area contributed by atoms with E-state index < -0.39 is 5.97 Å². The van der Waals surface area contributed by atoms with E-state index in [-0.39, 0.29) is 11.5 Å². The molecular formula is C11H8INO3S. The van der Waals surface area contributed by atoms with Crippen molar-refractivity contribution in [2.24, 2.45) is 7.05 Å². The second-order valence-electron chi connectivity index (χ2n) is 3.50. The summed E-state index contributed by atoms with van der Waals surface area (Å²) in [5, 5.41) is 10.7. The second-order valence-corrected chi connectivity index (χ2v) is 6.30. The van der Waals surface area contributed by atoms with E-state index >= 15 is 0 Å². The van der Waals surface area contributed by atoms with Crippen molar-refractivity contribution in [1.29, 1.82) is 0 Å². The van der Waals surface area contributed by atoms with Gasteiger partial charge in [0.15, 0.2) is 5.78 Å². The molecule has 0 aliphatic rings. The Labute approximate surface area is 115 Å². The lowest BCUT2D eigenvalue weighted by molar-refractivity contribution is 0.0686. The van der Waals surface area contributed by atoms with Gasteiger partial charge in [0.25, 0.3) is 0 Å². The van der Waals surface area contributed by atoms with Gasteiger partial charge in [-0.2, -0.15) is 0 Å². The van der Waals surface area contributed by atoms with Crippen LogP contribution < -0.4 is 0 Å². The molecule has 0 saturated carbocycles. The van der Waals surface area contributed by atoms with Crippen LogP contribution >= 0.6 is 33.9 Å². The van der Waals surface area contributed by atoms with E-state index in [1.54, 1.807) is 18.5 Å². The third-order valence-electron chi connectivity index (χ3n) is 2.32. The number of halogens is 1. The molecule has 2 rings (SSSR count). The van der Waals surface area contributed by atoms with Crippen LogP contribution in [0.1, 0.15) is 26.4 Å². The highest BCUT2D eigenvalue weighted by molar-refractivity contribution is 14.1. The Hall–Kier alpha value is -1.15. The fraction of sp³-hybridized carbons (Fsp3) is 0.0909. The van der Waals surface area contributed by atoms with E-state index in [0.717, 1.165) is 2.88 Å². The Balaban J connectivity index is 2.38. The van der Waals surface area contributed by atoms with E-state index in [1.807, 2.05) is 0 Å². The first-order valence-electron chi connectivity index (χ1n) is 4.67. The number of ketones is 1. The van der Waals surface area contributed by atoms with Crippen LogP contribution in [0.15, 0.2) is 23.7 Å². The molecule has 2 aromatic heterocycles. The number of hydrogen-bond acceptors (Lipinski definition) is 3. The standard InChI is InChI=1S/C11H8INO3S/c1-13-4-6(2-8(13)11(15)16)10(14)7-3-9(12)17-5-7/h2-5H,1H3,(H,15,16). The molecule has 0 amide bonds. The quantitative estimate of drug-likeness (QED) is 0.676. The number of aryl methyl sites for hydroxylation is 1. The van der Waals surface area contributed by atoms with Crippen LogP contribution in [0.5, 0.6) is 0 Å². The minimum atomic E-state index is -1.04. The summed E-state index contributed by atoms with van der Waals surface area (Å²) in [7, 11) is 1.61. The van der Waals surface area contributed by atoms with Crippen molar-refractivity contribution in [2.45, 2.75) is 0 Å². The van der Waals surface area contributed by atoms with Crippen molar-refractivity contribution in [2.75, 3.05) is 0 Å². The van der Waals surface area contributed by atoms with Gasteiger partial charge in [-0.15, -0.1) is 11.3 Å². The molecule has 0 aliphatic heterocycles. The number of carbonyl (C=O) groups is 2. The van der Waals surface area contributed by atoms with Crippen molar-refractivity contribution >= 4 is 45.7 Å². The zero-order valence-electron chi connectivity index (χ0n) is 8.81. The summed E-state index contributed by atoms with van der Waals surface area (Å²) in [6, 6.07) is 3.19. The third kappa shape index (κ3) is 2.42. The van der Waals surface area contributed by atoms with Crippen molar-refractivity contribution in [1.82, 2.24) is 4.57 Å². The number of carboxylic acid groups (broad SMARTS) is 1. The van der Waals surface area contributed by atoms with E-state index in [9.17, 15) is 9.59 Å². The number of hydrogen-bond donors (Lipinski definition) is 1. The topological polar surface area (TPSA) is 59.3 Å². The maximum Gasteiger partial charge on any atom is 0.352 e. The van der Waals surface area contributed by atoms with Gasteiger partial charge in [0.05, 0.1) is 2.88 Å². The van der Waals surface area contributed by atoms with Crippen LogP contribution in [-0.2, 0) is 7.05 Å². The molecule has 0 bridgehead atoms. The normalized spacial score (nSPS) is 10.5. The van der Waals surface area contributed by atoms with Gasteiger partial charge in [-0.25, -0.2) is 4.79 Å². The summed E-state index contributed by atoms with van der Waals surface area (Å²) in [6.45, 7) is 0. The largest absolute Gasteiger partial charge is 0.477 e. The third-order valence-corrected chi connectivity index (χ3v) is 4.10. The Bertz CT molecular complexity index is 600. The number of rotatable bonds is 3. The molecular weight excluding hydrogens is 353 g/mol. The van der Waals surface area contributed by atoms with E-state index in [4.69, 9.17) is 5.11 Å². The molecule has 1 N–H and O–H groups in total. The second kappa shape index (κ2) is 4.61. The van der Waals surface area contributed by atoms with Gasteiger partial charge in [-0.1, -0.05) is 0 Å².